The molecule has 2 saturated carbocycles. The minimum atomic E-state index is -1.29. The largest absolute Gasteiger partial charge is 0.480 e. The Kier molecular flexibility index (Phi) is 3.19. The zero-order chi connectivity index (χ0) is 16.8. The fourth-order valence-electron chi connectivity index (χ4n) is 4.01. The van der Waals surface area contributed by atoms with Crippen LogP contribution >= 0.6 is 0 Å². The Morgan fingerprint density at radius 3 is 2.62 bits per heavy atom. The number of H-pyrrole nitrogens is 1. The molecular weight excluding hydrogens is 308 g/mol. The first-order chi connectivity index (χ1) is 11.5. The minimum absolute atomic E-state index is 0.0947. The summed E-state index contributed by atoms with van der Waals surface area (Å²) in [5, 5.41) is 18.9. The molecule has 3 N–H and O–H groups in total. The highest BCUT2D eigenvalue weighted by Crippen LogP contribution is 2.64. The van der Waals surface area contributed by atoms with Crippen LogP contribution in [0.25, 0.3) is 11.4 Å². The van der Waals surface area contributed by atoms with E-state index in [9.17, 15) is 14.7 Å². The Morgan fingerprint density at radius 2 is 2.04 bits per heavy atom. The second-order valence-electron chi connectivity index (χ2n) is 6.96. The molecule has 0 bridgehead atoms. The first-order valence-electron chi connectivity index (χ1n) is 8.04. The lowest BCUT2D eigenvalue weighted by atomic mass is 9.45. The molecule has 1 heterocycles. The van der Waals surface area contributed by atoms with Gasteiger partial charge in [-0.3, -0.25) is 14.7 Å². The molecule has 7 heteroatoms. The fourth-order valence-corrected chi connectivity index (χ4v) is 4.01. The second kappa shape index (κ2) is 5.15. The smallest absolute Gasteiger partial charge is 0.319 e. The van der Waals surface area contributed by atoms with Gasteiger partial charge in [0.25, 0.3) is 0 Å². The molecule has 1 aromatic heterocycles. The molecule has 2 aliphatic carbocycles. The van der Waals surface area contributed by atoms with Crippen LogP contribution in [0.1, 0.15) is 32.1 Å². The quantitative estimate of drug-likeness (QED) is 0.748. The lowest BCUT2D eigenvalue weighted by molar-refractivity contribution is -0.178. The average Bonchev–Trinajstić information content (AvgIpc) is 2.99. The maximum absolute atomic E-state index is 12.7. The van der Waals surface area contributed by atoms with Gasteiger partial charge in [0.2, 0.25) is 5.91 Å². The van der Waals surface area contributed by atoms with Gasteiger partial charge in [-0.25, -0.2) is 4.98 Å². The standard InChI is InChI=1S/C17H18N4O3/c22-14(17(15(23)24)8-16(9-17)5-2-6-16)20-12-4-1-3-11(7-12)13-18-10-19-21-13/h1,3-4,7,10H,2,5-6,8-9H2,(H,20,22)(H,23,24)(H,18,19,21). The number of aromatic amines is 1. The van der Waals surface area contributed by atoms with Gasteiger partial charge in [0.15, 0.2) is 5.82 Å². The summed E-state index contributed by atoms with van der Waals surface area (Å²) >= 11 is 0. The van der Waals surface area contributed by atoms with E-state index in [1.54, 1.807) is 18.2 Å². The lowest BCUT2D eigenvalue weighted by Crippen LogP contribution is -2.59. The van der Waals surface area contributed by atoms with Gasteiger partial charge in [0, 0.05) is 11.3 Å². The Hall–Kier alpha value is -2.70. The zero-order valence-corrected chi connectivity index (χ0v) is 13.1. The summed E-state index contributed by atoms with van der Waals surface area (Å²) in [5.74, 6) is -0.859. The highest BCUT2D eigenvalue weighted by Gasteiger charge is 2.64. The van der Waals surface area contributed by atoms with Gasteiger partial charge in [-0.15, -0.1) is 0 Å². The number of carboxylic acid groups (broad SMARTS) is 1. The summed E-state index contributed by atoms with van der Waals surface area (Å²) in [6, 6.07) is 7.13. The van der Waals surface area contributed by atoms with Crippen LogP contribution in [-0.4, -0.2) is 32.2 Å². The number of aromatic nitrogens is 3. The Bertz CT molecular complexity index is 788. The van der Waals surface area contributed by atoms with Crippen molar-refractivity contribution in [1.82, 2.24) is 15.2 Å². The highest BCUT2D eigenvalue weighted by atomic mass is 16.4. The molecule has 24 heavy (non-hydrogen) atoms. The van der Waals surface area contributed by atoms with Crippen molar-refractivity contribution in [3.05, 3.63) is 30.6 Å². The van der Waals surface area contributed by atoms with Crippen LogP contribution in [0.3, 0.4) is 0 Å². The summed E-state index contributed by atoms with van der Waals surface area (Å²) in [5.41, 5.74) is 0.142. The molecule has 7 nitrogen and oxygen atoms in total. The van der Waals surface area contributed by atoms with E-state index in [1.807, 2.05) is 6.07 Å². The van der Waals surface area contributed by atoms with E-state index in [4.69, 9.17) is 0 Å². The number of aliphatic carboxylic acids is 1. The predicted octanol–water partition coefficient (Wildman–Crippen LogP) is 2.45. The first-order valence-corrected chi connectivity index (χ1v) is 8.04. The normalized spacial score (nSPS) is 20.0. The Labute approximate surface area is 138 Å². The molecule has 2 aliphatic rings. The van der Waals surface area contributed by atoms with Crippen molar-refractivity contribution in [3.63, 3.8) is 0 Å². The van der Waals surface area contributed by atoms with E-state index in [1.165, 1.54) is 6.33 Å². The minimum Gasteiger partial charge on any atom is -0.480 e. The average molecular weight is 326 g/mol. The first kappa shape index (κ1) is 14.9. The monoisotopic (exact) mass is 326 g/mol. The molecule has 0 saturated heterocycles. The number of benzene rings is 1. The van der Waals surface area contributed by atoms with Crippen molar-refractivity contribution in [2.75, 3.05) is 5.32 Å². The summed E-state index contributed by atoms with van der Waals surface area (Å²) in [7, 11) is 0. The Morgan fingerprint density at radius 1 is 1.25 bits per heavy atom. The van der Waals surface area contributed by atoms with Gasteiger partial charge < -0.3 is 10.4 Å². The van der Waals surface area contributed by atoms with Gasteiger partial charge in [-0.05, 0) is 43.2 Å². The van der Waals surface area contributed by atoms with Crippen LogP contribution in [0.15, 0.2) is 30.6 Å². The third-order valence-corrected chi connectivity index (χ3v) is 5.42. The number of nitrogens with zero attached hydrogens (tertiary/aromatic N) is 2. The lowest BCUT2D eigenvalue weighted by Gasteiger charge is -2.58. The number of amides is 1. The summed E-state index contributed by atoms with van der Waals surface area (Å²) in [6.45, 7) is 0. The van der Waals surface area contributed by atoms with E-state index < -0.39 is 17.3 Å². The highest BCUT2D eigenvalue weighted by molar-refractivity contribution is 6.09. The van der Waals surface area contributed by atoms with Crippen LogP contribution in [0, 0.1) is 10.8 Å². The fraction of sp³-hybridized carbons (Fsp3) is 0.412. The van der Waals surface area contributed by atoms with E-state index in [0.29, 0.717) is 24.4 Å². The predicted molar refractivity (Wildman–Crippen MR) is 86.0 cm³/mol. The van der Waals surface area contributed by atoms with Gasteiger partial charge in [-0.2, -0.15) is 5.10 Å². The number of hydrogen-bond acceptors (Lipinski definition) is 4. The number of anilines is 1. The SMILES string of the molecule is O=C(O)C1(C(=O)Nc2cccc(-c3ncn[nH]3)c2)CC2(CCC2)C1. The van der Waals surface area contributed by atoms with Gasteiger partial charge in [0.05, 0.1) is 0 Å². The molecule has 0 radical (unpaired) electrons. The van der Waals surface area contributed by atoms with Gasteiger partial charge >= 0.3 is 5.97 Å². The summed E-state index contributed by atoms with van der Waals surface area (Å²) in [4.78, 5) is 28.5. The molecular formula is C17H18N4O3. The molecule has 1 aromatic carbocycles. The van der Waals surface area contributed by atoms with Crippen LogP contribution < -0.4 is 5.32 Å². The van der Waals surface area contributed by atoms with Gasteiger partial charge in [0.1, 0.15) is 11.7 Å². The number of rotatable bonds is 4. The van der Waals surface area contributed by atoms with Crippen molar-refractivity contribution in [1.29, 1.82) is 0 Å². The maximum Gasteiger partial charge on any atom is 0.319 e. The molecule has 2 fully saturated rings. The number of nitrogens with one attached hydrogen (secondary N) is 2. The van der Waals surface area contributed by atoms with E-state index in [-0.39, 0.29) is 5.41 Å². The van der Waals surface area contributed by atoms with E-state index in [0.717, 1.165) is 24.8 Å². The molecule has 0 unspecified atom stereocenters. The number of carboxylic acids is 1. The molecule has 4 rings (SSSR count). The van der Waals surface area contributed by atoms with E-state index >= 15 is 0 Å². The Balaban J connectivity index is 1.53. The molecule has 0 atom stereocenters. The molecule has 0 aliphatic heterocycles. The van der Waals surface area contributed by atoms with Crippen molar-refractivity contribution in [2.24, 2.45) is 10.8 Å². The number of carbonyl (C=O) groups excluding carboxylic acids is 1. The molecule has 1 spiro atoms. The molecule has 2 aromatic rings. The molecule has 124 valence electrons. The number of hydrogen-bond donors (Lipinski definition) is 3. The molecule has 1 amide bonds. The summed E-state index contributed by atoms with van der Waals surface area (Å²) < 4.78 is 0. The van der Waals surface area contributed by atoms with Gasteiger partial charge in [-0.1, -0.05) is 18.6 Å². The second-order valence-corrected chi connectivity index (χ2v) is 6.96. The van der Waals surface area contributed by atoms with Crippen LogP contribution in [0.5, 0.6) is 0 Å². The third kappa shape index (κ3) is 2.19. The van der Waals surface area contributed by atoms with Crippen molar-refractivity contribution in [3.8, 4) is 11.4 Å². The number of carbonyl (C=O) groups is 2. The van der Waals surface area contributed by atoms with Crippen LogP contribution in [0.4, 0.5) is 5.69 Å². The van der Waals surface area contributed by atoms with Crippen molar-refractivity contribution >= 4 is 17.6 Å². The topological polar surface area (TPSA) is 108 Å². The van der Waals surface area contributed by atoms with E-state index in [2.05, 4.69) is 20.5 Å². The van der Waals surface area contributed by atoms with Crippen molar-refractivity contribution < 1.29 is 14.7 Å². The summed E-state index contributed by atoms with van der Waals surface area (Å²) in [6.07, 6.45) is 5.52. The van der Waals surface area contributed by atoms with Crippen molar-refractivity contribution in [2.45, 2.75) is 32.1 Å². The van der Waals surface area contributed by atoms with Crippen LogP contribution in [0.2, 0.25) is 0 Å². The maximum atomic E-state index is 12.7. The third-order valence-electron chi connectivity index (χ3n) is 5.42. The zero-order valence-electron chi connectivity index (χ0n) is 13.1. The van der Waals surface area contributed by atoms with Crippen LogP contribution in [-0.2, 0) is 9.59 Å².